The molecule has 104 valence electrons. The van der Waals surface area contributed by atoms with Gasteiger partial charge in [0.05, 0.1) is 0 Å². The molecule has 0 bridgehead atoms. The fraction of sp³-hybridized carbons (Fsp3) is 0.600. The van der Waals surface area contributed by atoms with Gasteiger partial charge in [0.2, 0.25) is 0 Å². The Balaban J connectivity index is 1.59. The first-order valence-corrected chi connectivity index (χ1v) is 8.21. The molecule has 2 unspecified atom stereocenters. The van der Waals surface area contributed by atoms with Gasteiger partial charge in [0, 0.05) is 28.8 Å². The van der Waals surface area contributed by atoms with Crippen LogP contribution in [0.3, 0.4) is 0 Å². The number of nitrogens with two attached hydrogens (primary N) is 1. The average molecular weight is 277 g/mol. The van der Waals surface area contributed by atoms with E-state index in [4.69, 9.17) is 5.73 Å². The van der Waals surface area contributed by atoms with Gasteiger partial charge in [-0.15, -0.1) is 11.8 Å². The van der Waals surface area contributed by atoms with E-state index in [0.717, 1.165) is 11.7 Å². The van der Waals surface area contributed by atoms with Crippen LogP contribution in [0.1, 0.15) is 43.7 Å². The van der Waals surface area contributed by atoms with Crippen molar-refractivity contribution in [1.29, 1.82) is 0 Å². The number of hydrogen-bond acceptors (Lipinski definition) is 4. The lowest BCUT2D eigenvalue weighted by molar-refractivity contribution is 0.546. The van der Waals surface area contributed by atoms with Crippen LogP contribution >= 0.6 is 11.8 Å². The predicted octanol–water partition coefficient (Wildman–Crippen LogP) is 2.59. The molecule has 1 saturated heterocycles. The van der Waals surface area contributed by atoms with Crippen molar-refractivity contribution in [2.75, 3.05) is 6.54 Å². The molecule has 1 aliphatic heterocycles. The number of nitrogens with one attached hydrogen (secondary N) is 2. The van der Waals surface area contributed by atoms with Crippen LogP contribution in [0.15, 0.2) is 29.2 Å². The van der Waals surface area contributed by atoms with Crippen LogP contribution in [-0.4, -0.2) is 17.8 Å². The topological polar surface area (TPSA) is 50.1 Å². The summed E-state index contributed by atoms with van der Waals surface area (Å²) in [5.74, 6) is 0. The molecule has 1 aromatic carbocycles. The summed E-state index contributed by atoms with van der Waals surface area (Å²) >= 11 is 2.05. The van der Waals surface area contributed by atoms with Crippen molar-refractivity contribution in [2.45, 2.75) is 54.3 Å². The fourth-order valence-corrected chi connectivity index (χ4v) is 4.22. The molecule has 4 N–H and O–H groups in total. The Hall–Kier alpha value is -0.550. The molecule has 1 aliphatic carbocycles. The van der Waals surface area contributed by atoms with E-state index in [-0.39, 0.29) is 0 Å². The summed E-state index contributed by atoms with van der Waals surface area (Å²) < 4.78 is 0. The van der Waals surface area contributed by atoms with Crippen LogP contribution < -0.4 is 16.6 Å². The number of benzene rings is 1. The summed E-state index contributed by atoms with van der Waals surface area (Å²) in [7, 11) is 0. The highest BCUT2D eigenvalue weighted by Crippen LogP contribution is 2.35. The highest BCUT2D eigenvalue weighted by atomic mass is 32.2. The molecule has 19 heavy (non-hydrogen) atoms. The van der Waals surface area contributed by atoms with E-state index in [1.165, 1.54) is 36.1 Å². The molecule has 4 heteroatoms. The van der Waals surface area contributed by atoms with Gasteiger partial charge >= 0.3 is 0 Å². The molecule has 0 amide bonds. The zero-order chi connectivity index (χ0) is 13.1. The molecular weight excluding hydrogens is 254 g/mol. The number of thioether (sulfide) groups is 1. The lowest BCUT2D eigenvalue weighted by atomic mass is 10.0. The quantitative estimate of drug-likeness (QED) is 0.792. The zero-order valence-electron chi connectivity index (χ0n) is 11.3. The van der Waals surface area contributed by atoms with Crippen molar-refractivity contribution in [3.05, 3.63) is 29.8 Å². The Labute approximate surface area is 119 Å². The van der Waals surface area contributed by atoms with E-state index in [1.807, 2.05) is 0 Å². The standard InChI is InChI=1S/C15H23N3S/c16-10-12-9-15(18-17-12)11-5-7-14(8-6-11)19-13-3-1-2-4-13/h5-8,12-13,15,17-18H,1-4,9-10,16H2. The maximum absolute atomic E-state index is 5.68. The van der Waals surface area contributed by atoms with Crippen LogP contribution in [0.25, 0.3) is 0 Å². The Morgan fingerprint density at radius 3 is 2.47 bits per heavy atom. The minimum absolute atomic E-state index is 0.401. The Kier molecular flexibility index (Phi) is 4.43. The summed E-state index contributed by atoms with van der Waals surface area (Å²) in [5.41, 5.74) is 13.6. The van der Waals surface area contributed by atoms with E-state index in [0.29, 0.717) is 18.6 Å². The van der Waals surface area contributed by atoms with Gasteiger partial charge in [0.25, 0.3) is 0 Å². The molecule has 1 aromatic rings. The molecule has 2 fully saturated rings. The zero-order valence-corrected chi connectivity index (χ0v) is 12.1. The maximum Gasteiger partial charge on any atom is 0.0478 e. The molecule has 3 nitrogen and oxygen atoms in total. The Morgan fingerprint density at radius 2 is 1.84 bits per heavy atom. The van der Waals surface area contributed by atoms with Crippen molar-refractivity contribution < 1.29 is 0 Å². The SMILES string of the molecule is NCC1CC(c2ccc(SC3CCCC3)cc2)NN1. The van der Waals surface area contributed by atoms with Gasteiger partial charge in [-0.25, -0.2) is 5.43 Å². The minimum Gasteiger partial charge on any atom is -0.329 e. The van der Waals surface area contributed by atoms with Gasteiger partial charge in [0.15, 0.2) is 0 Å². The van der Waals surface area contributed by atoms with Crippen LogP contribution in [0, 0.1) is 0 Å². The third-order valence-corrected chi connectivity index (χ3v) is 5.50. The first kappa shape index (κ1) is 13.4. The van der Waals surface area contributed by atoms with Gasteiger partial charge in [-0.3, -0.25) is 5.43 Å². The highest BCUT2D eigenvalue weighted by Gasteiger charge is 2.23. The van der Waals surface area contributed by atoms with E-state index in [1.54, 1.807) is 0 Å². The summed E-state index contributed by atoms with van der Waals surface area (Å²) in [4.78, 5) is 1.41. The third kappa shape index (κ3) is 3.31. The molecular formula is C15H23N3S. The van der Waals surface area contributed by atoms with Crippen LogP contribution in [-0.2, 0) is 0 Å². The maximum atomic E-state index is 5.68. The third-order valence-electron chi connectivity index (χ3n) is 4.15. The van der Waals surface area contributed by atoms with Crippen molar-refractivity contribution in [3.8, 4) is 0 Å². The second-order valence-corrected chi connectivity index (χ2v) is 6.98. The monoisotopic (exact) mass is 277 g/mol. The average Bonchev–Trinajstić information content (AvgIpc) is 3.10. The number of hydrogen-bond donors (Lipinski definition) is 3. The van der Waals surface area contributed by atoms with E-state index >= 15 is 0 Å². The first-order valence-electron chi connectivity index (χ1n) is 7.33. The smallest absolute Gasteiger partial charge is 0.0478 e. The van der Waals surface area contributed by atoms with E-state index < -0.39 is 0 Å². The van der Waals surface area contributed by atoms with Gasteiger partial charge < -0.3 is 5.73 Å². The largest absolute Gasteiger partial charge is 0.329 e. The second-order valence-electron chi connectivity index (χ2n) is 5.60. The second kappa shape index (κ2) is 6.27. The van der Waals surface area contributed by atoms with Gasteiger partial charge in [0.1, 0.15) is 0 Å². The molecule has 3 rings (SSSR count). The van der Waals surface area contributed by atoms with Crippen molar-refractivity contribution >= 4 is 11.8 Å². The van der Waals surface area contributed by atoms with E-state index in [2.05, 4.69) is 46.9 Å². The summed E-state index contributed by atoms with van der Waals surface area (Å²) in [6, 6.07) is 9.87. The van der Waals surface area contributed by atoms with Crippen LogP contribution in [0.5, 0.6) is 0 Å². The van der Waals surface area contributed by atoms with Gasteiger partial charge in [-0.05, 0) is 37.0 Å². The Morgan fingerprint density at radius 1 is 1.11 bits per heavy atom. The number of hydrazine groups is 1. The van der Waals surface area contributed by atoms with E-state index in [9.17, 15) is 0 Å². The lowest BCUT2D eigenvalue weighted by Crippen LogP contribution is -2.35. The van der Waals surface area contributed by atoms with Crippen molar-refractivity contribution in [2.24, 2.45) is 5.73 Å². The first-order chi connectivity index (χ1) is 9.35. The summed E-state index contributed by atoms with van der Waals surface area (Å²) in [6.07, 6.45) is 6.67. The predicted molar refractivity (Wildman–Crippen MR) is 81.0 cm³/mol. The fourth-order valence-electron chi connectivity index (χ4n) is 2.97. The van der Waals surface area contributed by atoms with Gasteiger partial charge in [-0.1, -0.05) is 25.0 Å². The molecule has 2 aliphatic rings. The molecule has 0 spiro atoms. The van der Waals surface area contributed by atoms with Crippen LogP contribution in [0.2, 0.25) is 0 Å². The van der Waals surface area contributed by atoms with Crippen molar-refractivity contribution in [3.63, 3.8) is 0 Å². The van der Waals surface area contributed by atoms with Crippen LogP contribution in [0.4, 0.5) is 0 Å². The molecule has 1 saturated carbocycles. The minimum atomic E-state index is 0.401. The molecule has 1 heterocycles. The Bertz CT molecular complexity index is 400. The molecule has 2 atom stereocenters. The summed E-state index contributed by atoms with van der Waals surface area (Å²) in [5, 5.41) is 0.846. The van der Waals surface area contributed by atoms with Gasteiger partial charge in [-0.2, -0.15) is 0 Å². The lowest BCUT2D eigenvalue weighted by Gasteiger charge is -2.12. The molecule has 0 radical (unpaired) electrons. The molecule has 0 aromatic heterocycles. The normalized spacial score (nSPS) is 28.1. The van der Waals surface area contributed by atoms with Crippen molar-refractivity contribution in [1.82, 2.24) is 10.9 Å². The highest BCUT2D eigenvalue weighted by molar-refractivity contribution is 8.00. The number of rotatable bonds is 4. The summed E-state index contributed by atoms with van der Waals surface area (Å²) in [6.45, 7) is 0.694.